The Hall–Kier alpha value is -1.85. The van der Waals surface area contributed by atoms with Crippen molar-refractivity contribution in [3.05, 3.63) is 52.3 Å². The fourth-order valence-corrected chi connectivity index (χ4v) is 3.08. The summed E-state index contributed by atoms with van der Waals surface area (Å²) < 4.78 is 0. The zero-order valence-corrected chi connectivity index (χ0v) is 14.2. The van der Waals surface area contributed by atoms with Crippen molar-refractivity contribution in [3.63, 3.8) is 0 Å². The van der Waals surface area contributed by atoms with E-state index in [2.05, 4.69) is 34.2 Å². The van der Waals surface area contributed by atoms with Crippen LogP contribution in [0.3, 0.4) is 0 Å². The van der Waals surface area contributed by atoms with Gasteiger partial charge in [-0.15, -0.1) is 0 Å². The van der Waals surface area contributed by atoms with E-state index >= 15 is 0 Å². The Morgan fingerprint density at radius 3 is 2.43 bits per heavy atom. The fraction of sp³-hybridized carbons (Fsp3) is 0.412. The average Bonchev–Trinajstić information content (AvgIpc) is 3.01. The van der Waals surface area contributed by atoms with Crippen LogP contribution in [0.15, 0.2) is 30.3 Å². The van der Waals surface area contributed by atoms with Crippen molar-refractivity contribution < 1.29 is 4.79 Å². The van der Waals surface area contributed by atoms with Crippen LogP contribution in [0, 0.1) is 6.92 Å². The number of aromatic amines is 1. The first kappa shape index (κ1) is 16.0. The summed E-state index contributed by atoms with van der Waals surface area (Å²) in [5, 5.41) is 7.64. The predicted molar refractivity (Wildman–Crippen MR) is 90.7 cm³/mol. The van der Waals surface area contributed by atoms with Crippen molar-refractivity contribution in [2.24, 2.45) is 0 Å². The summed E-state index contributed by atoms with van der Waals surface area (Å²) in [6.07, 6.45) is 0. The molecule has 0 spiro atoms. The highest BCUT2D eigenvalue weighted by molar-refractivity contribution is 6.30. The Kier molecular flexibility index (Phi) is 4.68. The number of rotatable bonds is 3. The standard InChI is InChI=1S/C17H21ClN4O/c1-12-11-16(20-19-12)17(23)22-9-7-21(8-10-22)13(2)14-3-5-15(18)6-4-14/h3-6,11,13H,7-10H2,1-2H3,(H,19,20). The number of aryl methyl sites for hydroxylation is 1. The van der Waals surface area contributed by atoms with Gasteiger partial charge >= 0.3 is 0 Å². The van der Waals surface area contributed by atoms with Gasteiger partial charge in [0.15, 0.2) is 0 Å². The van der Waals surface area contributed by atoms with Crippen molar-refractivity contribution >= 4 is 17.5 Å². The molecule has 1 N–H and O–H groups in total. The second-order valence-corrected chi connectivity index (χ2v) is 6.43. The second-order valence-electron chi connectivity index (χ2n) is 5.99. The molecule has 23 heavy (non-hydrogen) atoms. The minimum atomic E-state index is 0.00754. The van der Waals surface area contributed by atoms with Crippen LogP contribution in [-0.2, 0) is 0 Å². The normalized spacial score (nSPS) is 17.3. The lowest BCUT2D eigenvalue weighted by atomic mass is 10.1. The number of piperazine rings is 1. The summed E-state index contributed by atoms with van der Waals surface area (Å²) in [7, 11) is 0. The number of benzene rings is 1. The maximum absolute atomic E-state index is 12.4. The zero-order chi connectivity index (χ0) is 16.4. The fourth-order valence-electron chi connectivity index (χ4n) is 2.95. The number of hydrogen-bond donors (Lipinski definition) is 1. The smallest absolute Gasteiger partial charge is 0.274 e. The van der Waals surface area contributed by atoms with Gasteiger partial charge in [0.25, 0.3) is 5.91 Å². The number of hydrogen-bond acceptors (Lipinski definition) is 3. The number of nitrogens with zero attached hydrogens (tertiary/aromatic N) is 3. The average molecular weight is 333 g/mol. The highest BCUT2D eigenvalue weighted by atomic mass is 35.5. The zero-order valence-electron chi connectivity index (χ0n) is 13.4. The predicted octanol–water partition coefficient (Wildman–Crippen LogP) is 2.89. The molecule has 1 aliphatic rings. The van der Waals surface area contributed by atoms with E-state index in [0.717, 1.165) is 36.9 Å². The van der Waals surface area contributed by atoms with Gasteiger partial charge in [0, 0.05) is 42.9 Å². The number of amides is 1. The molecule has 1 unspecified atom stereocenters. The summed E-state index contributed by atoms with van der Waals surface area (Å²) in [4.78, 5) is 16.7. The van der Waals surface area contributed by atoms with Gasteiger partial charge in [0.05, 0.1) is 0 Å². The van der Waals surface area contributed by atoms with E-state index in [1.807, 2.05) is 24.0 Å². The van der Waals surface area contributed by atoms with Crippen molar-refractivity contribution in [1.82, 2.24) is 20.0 Å². The number of H-pyrrole nitrogens is 1. The Bertz CT molecular complexity index is 674. The molecular formula is C17H21ClN4O. The summed E-state index contributed by atoms with van der Waals surface area (Å²) in [5.41, 5.74) is 2.65. The molecule has 5 nitrogen and oxygen atoms in total. The first-order chi connectivity index (χ1) is 11.0. The Morgan fingerprint density at radius 1 is 1.22 bits per heavy atom. The molecule has 3 rings (SSSR count). The van der Waals surface area contributed by atoms with Gasteiger partial charge in [-0.25, -0.2) is 0 Å². The molecule has 0 saturated carbocycles. The first-order valence-electron chi connectivity index (χ1n) is 7.85. The number of carbonyl (C=O) groups excluding carboxylic acids is 1. The molecular weight excluding hydrogens is 312 g/mol. The van der Waals surface area contributed by atoms with Gasteiger partial charge in [-0.2, -0.15) is 5.10 Å². The van der Waals surface area contributed by atoms with E-state index in [1.165, 1.54) is 5.56 Å². The van der Waals surface area contributed by atoms with Gasteiger partial charge in [0.1, 0.15) is 5.69 Å². The molecule has 2 aromatic rings. The summed E-state index contributed by atoms with van der Waals surface area (Å²) in [6.45, 7) is 7.26. The molecule has 1 aromatic carbocycles. The van der Waals surface area contributed by atoms with Crippen molar-refractivity contribution in [2.75, 3.05) is 26.2 Å². The van der Waals surface area contributed by atoms with Gasteiger partial charge in [-0.1, -0.05) is 23.7 Å². The van der Waals surface area contributed by atoms with Crippen LogP contribution in [0.5, 0.6) is 0 Å². The molecule has 1 saturated heterocycles. The molecule has 0 bridgehead atoms. The summed E-state index contributed by atoms with van der Waals surface area (Å²) in [6, 6.07) is 10.1. The van der Waals surface area contributed by atoms with Crippen molar-refractivity contribution in [2.45, 2.75) is 19.9 Å². The lowest BCUT2D eigenvalue weighted by Crippen LogP contribution is -2.49. The van der Waals surface area contributed by atoms with Gasteiger partial charge in [-0.05, 0) is 37.6 Å². The van der Waals surface area contributed by atoms with Crippen LogP contribution in [0.1, 0.15) is 34.7 Å². The minimum Gasteiger partial charge on any atom is -0.335 e. The highest BCUT2D eigenvalue weighted by Gasteiger charge is 2.26. The third-order valence-electron chi connectivity index (χ3n) is 4.43. The van der Waals surface area contributed by atoms with E-state index < -0.39 is 0 Å². The molecule has 1 fully saturated rings. The number of halogens is 1. The highest BCUT2D eigenvalue weighted by Crippen LogP contribution is 2.23. The van der Waals surface area contributed by atoms with Gasteiger partial charge < -0.3 is 4.90 Å². The first-order valence-corrected chi connectivity index (χ1v) is 8.23. The molecule has 1 atom stereocenters. The Balaban J connectivity index is 1.59. The second kappa shape index (κ2) is 6.72. The quantitative estimate of drug-likeness (QED) is 0.940. The van der Waals surface area contributed by atoms with Crippen LogP contribution in [-0.4, -0.2) is 52.1 Å². The maximum atomic E-state index is 12.4. The number of nitrogens with one attached hydrogen (secondary N) is 1. The largest absolute Gasteiger partial charge is 0.335 e. The maximum Gasteiger partial charge on any atom is 0.274 e. The van der Waals surface area contributed by atoms with E-state index in [0.29, 0.717) is 11.7 Å². The number of carbonyl (C=O) groups is 1. The van der Waals surface area contributed by atoms with E-state index in [1.54, 1.807) is 6.07 Å². The third kappa shape index (κ3) is 3.57. The number of aromatic nitrogens is 2. The van der Waals surface area contributed by atoms with E-state index in [-0.39, 0.29) is 5.91 Å². The van der Waals surface area contributed by atoms with E-state index in [9.17, 15) is 4.79 Å². The molecule has 1 aromatic heterocycles. The van der Waals surface area contributed by atoms with Crippen molar-refractivity contribution in [1.29, 1.82) is 0 Å². The van der Waals surface area contributed by atoms with Gasteiger partial charge in [0.2, 0.25) is 0 Å². The lowest BCUT2D eigenvalue weighted by molar-refractivity contribution is 0.0576. The summed E-state index contributed by atoms with van der Waals surface area (Å²) in [5.74, 6) is 0.00754. The van der Waals surface area contributed by atoms with Crippen LogP contribution in [0.25, 0.3) is 0 Å². The molecule has 0 radical (unpaired) electrons. The molecule has 0 aliphatic carbocycles. The SMILES string of the molecule is Cc1cc(C(=O)N2CCN(C(C)c3ccc(Cl)cc3)CC2)n[nH]1. The van der Waals surface area contributed by atoms with Crippen LogP contribution < -0.4 is 0 Å². The van der Waals surface area contributed by atoms with Crippen LogP contribution in [0.4, 0.5) is 0 Å². The minimum absolute atomic E-state index is 0.00754. The van der Waals surface area contributed by atoms with Crippen LogP contribution in [0.2, 0.25) is 5.02 Å². The van der Waals surface area contributed by atoms with Gasteiger partial charge in [-0.3, -0.25) is 14.8 Å². The topological polar surface area (TPSA) is 52.2 Å². The van der Waals surface area contributed by atoms with Crippen LogP contribution >= 0.6 is 11.6 Å². The molecule has 2 heterocycles. The molecule has 1 aliphatic heterocycles. The Morgan fingerprint density at radius 2 is 1.87 bits per heavy atom. The van der Waals surface area contributed by atoms with E-state index in [4.69, 9.17) is 11.6 Å². The van der Waals surface area contributed by atoms with Crippen molar-refractivity contribution in [3.8, 4) is 0 Å². The lowest BCUT2D eigenvalue weighted by Gasteiger charge is -2.38. The third-order valence-corrected chi connectivity index (χ3v) is 4.68. The molecule has 6 heteroatoms. The summed E-state index contributed by atoms with van der Waals surface area (Å²) >= 11 is 5.95. The molecule has 1 amide bonds. The monoisotopic (exact) mass is 332 g/mol. The Labute approximate surface area is 141 Å². The molecule has 122 valence electrons.